The summed E-state index contributed by atoms with van der Waals surface area (Å²) in [5.41, 5.74) is 4.08. The number of hydrogen-bond acceptors (Lipinski definition) is 2. The van der Waals surface area contributed by atoms with Crippen molar-refractivity contribution in [3.05, 3.63) is 58.9 Å². The Kier molecular flexibility index (Phi) is 4.92. The highest BCUT2D eigenvalue weighted by Gasteiger charge is 2.34. The smallest absolute Gasteiger partial charge is 0.227 e. The van der Waals surface area contributed by atoms with Crippen LogP contribution < -0.4 is 4.90 Å². The molecule has 1 aliphatic rings. The van der Waals surface area contributed by atoms with Crippen molar-refractivity contribution in [2.45, 2.75) is 45.6 Å². The van der Waals surface area contributed by atoms with Crippen LogP contribution in [0.25, 0.3) is 11.0 Å². The third kappa shape index (κ3) is 3.34. The molecule has 5 heteroatoms. The molecule has 2 aromatic carbocycles. The third-order valence-electron chi connectivity index (χ3n) is 5.36. The Morgan fingerprint density at radius 3 is 2.81 bits per heavy atom. The molecular weight excluding hydrogens is 358 g/mol. The lowest BCUT2D eigenvalue weighted by molar-refractivity contribution is -0.117. The van der Waals surface area contributed by atoms with Crippen LogP contribution in [0, 0.1) is 6.92 Å². The van der Waals surface area contributed by atoms with Crippen molar-refractivity contribution >= 4 is 34.2 Å². The van der Waals surface area contributed by atoms with Crippen molar-refractivity contribution in [1.29, 1.82) is 0 Å². The van der Waals surface area contributed by atoms with E-state index in [1.54, 1.807) is 0 Å². The topological polar surface area (TPSA) is 38.1 Å². The van der Waals surface area contributed by atoms with Crippen LogP contribution in [0.15, 0.2) is 42.5 Å². The van der Waals surface area contributed by atoms with Gasteiger partial charge in [-0.1, -0.05) is 37.1 Å². The second kappa shape index (κ2) is 7.35. The Bertz CT molecular complexity index is 994. The predicted octanol–water partition coefficient (Wildman–Crippen LogP) is 5.32. The first kappa shape index (κ1) is 18.1. The summed E-state index contributed by atoms with van der Waals surface area (Å²) in [5.74, 6) is 1.29. The van der Waals surface area contributed by atoms with E-state index in [1.165, 1.54) is 0 Å². The first-order valence-corrected chi connectivity index (χ1v) is 9.98. The van der Waals surface area contributed by atoms with Crippen molar-refractivity contribution in [1.82, 2.24) is 9.55 Å². The second-order valence-electron chi connectivity index (χ2n) is 7.30. The Morgan fingerprint density at radius 1 is 1.22 bits per heavy atom. The number of imidazole rings is 1. The summed E-state index contributed by atoms with van der Waals surface area (Å²) in [4.78, 5) is 19.5. The zero-order chi connectivity index (χ0) is 19.0. The molecule has 27 heavy (non-hydrogen) atoms. The molecular formula is C22H24ClN3O. The number of rotatable bonds is 5. The normalized spacial score (nSPS) is 17.2. The summed E-state index contributed by atoms with van der Waals surface area (Å²) in [6.07, 6.45) is 2.73. The van der Waals surface area contributed by atoms with Gasteiger partial charge in [0.2, 0.25) is 5.91 Å². The highest BCUT2D eigenvalue weighted by molar-refractivity contribution is 6.31. The van der Waals surface area contributed by atoms with E-state index in [1.807, 2.05) is 36.1 Å². The van der Waals surface area contributed by atoms with Gasteiger partial charge in [0.1, 0.15) is 5.82 Å². The molecule has 1 amide bonds. The lowest BCUT2D eigenvalue weighted by Gasteiger charge is -2.18. The quantitative estimate of drug-likeness (QED) is 0.600. The number of unbranched alkanes of at least 4 members (excludes halogenated alkanes) is 1. The van der Waals surface area contributed by atoms with E-state index >= 15 is 0 Å². The number of carbonyl (C=O) groups is 1. The average Bonchev–Trinajstić information content (AvgIpc) is 3.23. The van der Waals surface area contributed by atoms with Crippen LogP contribution in [0.5, 0.6) is 0 Å². The highest BCUT2D eigenvalue weighted by atomic mass is 35.5. The van der Waals surface area contributed by atoms with Gasteiger partial charge in [-0.25, -0.2) is 4.98 Å². The molecule has 0 aliphatic carbocycles. The molecule has 4 nitrogen and oxygen atoms in total. The summed E-state index contributed by atoms with van der Waals surface area (Å²) in [7, 11) is 0. The van der Waals surface area contributed by atoms with Gasteiger partial charge in [0.25, 0.3) is 0 Å². The molecule has 1 aliphatic heterocycles. The molecule has 0 radical (unpaired) electrons. The van der Waals surface area contributed by atoms with Crippen molar-refractivity contribution in [2.75, 3.05) is 11.4 Å². The molecule has 2 heterocycles. The standard InChI is InChI=1S/C22H24ClN3O/c1-3-4-11-25-20-8-6-5-7-19(20)24-22(25)16-13-21(27)26(14-16)17-9-10-18(23)15(2)12-17/h5-10,12,16H,3-4,11,13-14H2,1-2H3/t16-/m1/s1. The van der Waals surface area contributed by atoms with Crippen molar-refractivity contribution in [3.8, 4) is 0 Å². The fourth-order valence-corrected chi connectivity index (χ4v) is 4.00. The maximum absolute atomic E-state index is 12.8. The summed E-state index contributed by atoms with van der Waals surface area (Å²) < 4.78 is 2.31. The maximum atomic E-state index is 12.8. The number of anilines is 1. The molecule has 1 aromatic heterocycles. The molecule has 0 saturated carbocycles. The lowest BCUT2D eigenvalue weighted by Crippen LogP contribution is -2.24. The number of benzene rings is 2. The number of para-hydroxylation sites is 2. The van der Waals surface area contributed by atoms with Gasteiger partial charge < -0.3 is 9.47 Å². The SMILES string of the molecule is CCCCn1c([C@@H]2CC(=O)N(c3ccc(Cl)c(C)c3)C2)nc2ccccc21. The van der Waals surface area contributed by atoms with Gasteiger partial charge in [0, 0.05) is 36.1 Å². The van der Waals surface area contributed by atoms with E-state index in [2.05, 4.69) is 29.7 Å². The molecule has 1 fully saturated rings. The van der Waals surface area contributed by atoms with E-state index in [9.17, 15) is 4.79 Å². The molecule has 3 aromatic rings. The van der Waals surface area contributed by atoms with Gasteiger partial charge in [-0.3, -0.25) is 4.79 Å². The number of fused-ring (bicyclic) bond motifs is 1. The largest absolute Gasteiger partial charge is 0.328 e. The Morgan fingerprint density at radius 2 is 2.04 bits per heavy atom. The van der Waals surface area contributed by atoms with Crippen LogP contribution in [-0.2, 0) is 11.3 Å². The number of aryl methyl sites for hydroxylation is 2. The Balaban J connectivity index is 1.68. The van der Waals surface area contributed by atoms with Crippen LogP contribution in [0.3, 0.4) is 0 Å². The molecule has 4 rings (SSSR count). The second-order valence-corrected chi connectivity index (χ2v) is 7.71. The summed E-state index contributed by atoms with van der Waals surface area (Å²) in [6, 6.07) is 14.0. The number of nitrogens with zero attached hydrogens (tertiary/aromatic N) is 3. The molecule has 0 spiro atoms. The third-order valence-corrected chi connectivity index (χ3v) is 5.79. The van der Waals surface area contributed by atoms with E-state index in [0.717, 1.165) is 52.5 Å². The minimum Gasteiger partial charge on any atom is -0.328 e. The van der Waals surface area contributed by atoms with Gasteiger partial charge in [-0.2, -0.15) is 0 Å². The van der Waals surface area contributed by atoms with Gasteiger partial charge >= 0.3 is 0 Å². The van der Waals surface area contributed by atoms with Crippen LogP contribution in [0.2, 0.25) is 5.02 Å². The van der Waals surface area contributed by atoms with E-state index < -0.39 is 0 Å². The zero-order valence-corrected chi connectivity index (χ0v) is 16.5. The Labute approximate surface area is 164 Å². The van der Waals surface area contributed by atoms with Gasteiger partial charge in [-0.15, -0.1) is 0 Å². The fourth-order valence-electron chi connectivity index (χ4n) is 3.88. The van der Waals surface area contributed by atoms with E-state index in [0.29, 0.717) is 13.0 Å². The first-order valence-electron chi connectivity index (χ1n) is 9.60. The first-order chi connectivity index (χ1) is 13.1. The molecule has 0 unspecified atom stereocenters. The Hall–Kier alpha value is -2.33. The lowest BCUT2D eigenvalue weighted by atomic mass is 10.1. The number of hydrogen-bond donors (Lipinski definition) is 0. The fraction of sp³-hybridized carbons (Fsp3) is 0.364. The number of carbonyl (C=O) groups excluding carboxylic acids is 1. The highest BCUT2D eigenvalue weighted by Crippen LogP contribution is 2.34. The molecule has 1 atom stereocenters. The molecule has 1 saturated heterocycles. The van der Waals surface area contributed by atoms with E-state index in [-0.39, 0.29) is 11.8 Å². The monoisotopic (exact) mass is 381 g/mol. The minimum absolute atomic E-state index is 0.109. The summed E-state index contributed by atoms with van der Waals surface area (Å²) >= 11 is 6.15. The van der Waals surface area contributed by atoms with Gasteiger partial charge in [0.15, 0.2) is 0 Å². The number of amides is 1. The van der Waals surface area contributed by atoms with Crippen molar-refractivity contribution in [3.63, 3.8) is 0 Å². The van der Waals surface area contributed by atoms with Crippen LogP contribution >= 0.6 is 11.6 Å². The molecule has 0 bridgehead atoms. The zero-order valence-electron chi connectivity index (χ0n) is 15.8. The van der Waals surface area contributed by atoms with Gasteiger partial charge in [0.05, 0.1) is 11.0 Å². The predicted molar refractivity (Wildman–Crippen MR) is 111 cm³/mol. The number of aromatic nitrogens is 2. The van der Waals surface area contributed by atoms with Gasteiger partial charge in [-0.05, 0) is 49.2 Å². The van der Waals surface area contributed by atoms with E-state index in [4.69, 9.17) is 16.6 Å². The van der Waals surface area contributed by atoms with Crippen LogP contribution in [0.4, 0.5) is 5.69 Å². The molecule has 0 N–H and O–H groups in total. The van der Waals surface area contributed by atoms with Crippen LogP contribution in [-0.4, -0.2) is 22.0 Å². The summed E-state index contributed by atoms with van der Waals surface area (Å²) in [6.45, 7) is 5.77. The van der Waals surface area contributed by atoms with Crippen molar-refractivity contribution in [2.24, 2.45) is 0 Å². The number of halogens is 1. The van der Waals surface area contributed by atoms with Crippen molar-refractivity contribution < 1.29 is 4.79 Å². The maximum Gasteiger partial charge on any atom is 0.227 e. The van der Waals surface area contributed by atoms with Crippen LogP contribution in [0.1, 0.15) is 43.5 Å². The minimum atomic E-state index is 0.109. The summed E-state index contributed by atoms with van der Waals surface area (Å²) in [5, 5.41) is 0.725. The molecule has 140 valence electrons. The average molecular weight is 382 g/mol.